The van der Waals surface area contributed by atoms with Crippen molar-refractivity contribution in [1.29, 1.82) is 0 Å². The third-order valence-corrected chi connectivity index (χ3v) is 2.33. The molecular formula is C14H24N2O. The molecule has 0 spiro atoms. The van der Waals surface area contributed by atoms with Crippen LogP contribution in [0.15, 0.2) is 24.3 Å². The lowest BCUT2D eigenvalue weighted by molar-refractivity contribution is 0.243. The summed E-state index contributed by atoms with van der Waals surface area (Å²) in [5, 5.41) is 3.37. The summed E-state index contributed by atoms with van der Waals surface area (Å²) < 4.78 is 5.73. The fourth-order valence-electron chi connectivity index (χ4n) is 1.49. The smallest absolute Gasteiger partial charge is 0.142 e. The van der Waals surface area contributed by atoms with E-state index in [-0.39, 0.29) is 11.6 Å². The van der Waals surface area contributed by atoms with Gasteiger partial charge in [-0.25, -0.2) is 0 Å². The molecule has 0 saturated heterocycles. The number of anilines is 1. The van der Waals surface area contributed by atoms with E-state index in [0.29, 0.717) is 0 Å². The highest BCUT2D eigenvalue weighted by Crippen LogP contribution is 2.24. The monoisotopic (exact) mass is 236 g/mol. The third-order valence-electron chi connectivity index (χ3n) is 2.33. The van der Waals surface area contributed by atoms with Gasteiger partial charge in [0, 0.05) is 12.1 Å². The Morgan fingerprint density at radius 3 is 2.53 bits per heavy atom. The van der Waals surface area contributed by atoms with Crippen LogP contribution in [0.4, 0.5) is 5.69 Å². The summed E-state index contributed by atoms with van der Waals surface area (Å²) in [5.41, 5.74) is 6.84. The second-order valence-electron chi connectivity index (χ2n) is 5.33. The van der Waals surface area contributed by atoms with E-state index in [9.17, 15) is 0 Å². The van der Waals surface area contributed by atoms with E-state index in [1.807, 2.05) is 52.0 Å². The summed E-state index contributed by atoms with van der Waals surface area (Å²) in [4.78, 5) is 0. The molecule has 3 heteroatoms. The highest BCUT2D eigenvalue weighted by Gasteiger charge is 2.10. The lowest BCUT2D eigenvalue weighted by Crippen LogP contribution is -2.34. The van der Waals surface area contributed by atoms with E-state index in [2.05, 4.69) is 5.32 Å². The van der Waals surface area contributed by atoms with Crippen LogP contribution >= 0.6 is 0 Å². The van der Waals surface area contributed by atoms with Gasteiger partial charge in [0.05, 0.1) is 11.8 Å². The molecule has 0 bridgehead atoms. The molecule has 0 heterocycles. The van der Waals surface area contributed by atoms with E-state index in [4.69, 9.17) is 10.5 Å². The first-order valence-electron chi connectivity index (χ1n) is 6.17. The number of hydrogen-bond donors (Lipinski definition) is 2. The molecule has 1 aromatic carbocycles. The molecule has 0 aliphatic carbocycles. The Labute approximate surface area is 104 Å². The molecule has 0 fully saturated rings. The van der Waals surface area contributed by atoms with Crippen LogP contribution in [0, 0.1) is 0 Å². The maximum absolute atomic E-state index is 5.95. The van der Waals surface area contributed by atoms with Crippen LogP contribution in [-0.4, -0.2) is 18.2 Å². The van der Waals surface area contributed by atoms with Crippen molar-refractivity contribution in [1.82, 2.24) is 0 Å². The molecule has 1 aromatic rings. The van der Waals surface area contributed by atoms with Gasteiger partial charge in [0.2, 0.25) is 0 Å². The second kappa shape index (κ2) is 5.92. The zero-order valence-electron chi connectivity index (χ0n) is 11.3. The largest absolute Gasteiger partial charge is 0.489 e. The summed E-state index contributed by atoms with van der Waals surface area (Å²) in [7, 11) is 0. The minimum Gasteiger partial charge on any atom is -0.489 e. The molecule has 1 rings (SSSR count). The van der Waals surface area contributed by atoms with Crippen LogP contribution in [0.2, 0.25) is 0 Å². The fourth-order valence-corrected chi connectivity index (χ4v) is 1.49. The number of nitrogens with one attached hydrogen (secondary N) is 1. The van der Waals surface area contributed by atoms with Gasteiger partial charge in [0.25, 0.3) is 0 Å². The number of rotatable bonds is 6. The zero-order valence-corrected chi connectivity index (χ0v) is 11.3. The predicted octanol–water partition coefficient (Wildman–Crippen LogP) is 3.01. The summed E-state index contributed by atoms with van der Waals surface area (Å²) in [6, 6.07) is 8.00. The van der Waals surface area contributed by atoms with Crippen LogP contribution < -0.4 is 15.8 Å². The molecule has 17 heavy (non-hydrogen) atoms. The van der Waals surface area contributed by atoms with Gasteiger partial charge in [-0.15, -0.1) is 0 Å². The molecule has 96 valence electrons. The lowest BCUT2D eigenvalue weighted by atomic mass is 10.0. The molecule has 0 unspecified atom stereocenters. The topological polar surface area (TPSA) is 47.3 Å². The Bertz CT molecular complexity index is 342. The molecule has 0 atom stereocenters. The van der Waals surface area contributed by atoms with Gasteiger partial charge in [0.1, 0.15) is 5.75 Å². The van der Waals surface area contributed by atoms with Gasteiger partial charge in [-0.05, 0) is 46.2 Å². The molecule has 0 aliphatic rings. The normalized spacial score (nSPS) is 11.6. The van der Waals surface area contributed by atoms with Gasteiger partial charge in [-0.3, -0.25) is 0 Å². The van der Waals surface area contributed by atoms with Crippen molar-refractivity contribution in [3.05, 3.63) is 24.3 Å². The van der Waals surface area contributed by atoms with Gasteiger partial charge in [0.15, 0.2) is 0 Å². The summed E-state index contributed by atoms with van der Waals surface area (Å²) in [5.74, 6) is 0.900. The van der Waals surface area contributed by atoms with Crippen molar-refractivity contribution >= 4 is 5.69 Å². The number of nitrogens with two attached hydrogens (primary N) is 1. The number of ether oxygens (including phenoxy) is 1. The summed E-state index contributed by atoms with van der Waals surface area (Å²) >= 11 is 0. The predicted molar refractivity (Wildman–Crippen MR) is 73.6 cm³/mol. The van der Waals surface area contributed by atoms with Gasteiger partial charge < -0.3 is 15.8 Å². The van der Waals surface area contributed by atoms with Crippen molar-refractivity contribution in [3.8, 4) is 5.75 Å². The minimum absolute atomic E-state index is 0.138. The van der Waals surface area contributed by atoms with Gasteiger partial charge in [-0.1, -0.05) is 12.1 Å². The number of para-hydroxylation sites is 2. The SMILES string of the molecule is CC(C)Oc1ccccc1NCCC(C)(C)N. The fraction of sp³-hybridized carbons (Fsp3) is 0.571. The Morgan fingerprint density at radius 2 is 1.94 bits per heavy atom. The Morgan fingerprint density at radius 1 is 1.29 bits per heavy atom. The van der Waals surface area contributed by atoms with Crippen molar-refractivity contribution < 1.29 is 4.74 Å². The molecule has 0 aliphatic heterocycles. The van der Waals surface area contributed by atoms with Gasteiger partial charge >= 0.3 is 0 Å². The first kappa shape index (κ1) is 13.8. The maximum atomic E-state index is 5.95. The average molecular weight is 236 g/mol. The van der Waals surface area contributed by atoms with Crippen molar-refractivity contribution in [2.75, 3.05) is 11.9 Å². The Kier molecular flexibility index (Phi) is 4.82. The standard InChI is InChI=1S/C14H24N2O/c1-11(2)17-13-8-6-5-7-12(13)16-10-9-14(3,4)15/h5-8,11,16H,9-10,15H2,1-4H3. The quantitative estimate of drug-likeness (QED) is 0.798. The second-order valence-corrected chi connectivity index (χ2v) is 5.33. The van der Waals surface area contributed by atoms with Crippen LogP contribution in [0.3, 0.4) is 0 Å². The van der Waals surface area contributed by atoms with Gasteiger partial charge in [-0.2, -0.15) is 0 Å². The first-order valence-corrected chi connectivity index (χ1v) is 6.17. The number of hydrogen-bond acceptors (Lipinski definition) is 3. The summed E-state index contributed by atoms with van der Waals surface area (Å²) in [6.45, 7) is 8.97. The Balaban J connectivity index is 2.58. The van der Waals surface area contributed by atoms with Crippen LogP contribution in [0.5, 0.6) is 5.75 Å². The molecule has 3 nitrogen and oxygen atoms in total. The first-order chi connectivity index (χ1) is 7.88. The average Bonchev–Trinajstić information content (AvgIpc) is 2.18. The van der Waals surface area contributed by atoms with Crippen molar-refractivity contribution in [2.45, 2.75) is 45.8 Å². The van der Waals surface area contributed by atoms with Crippen LogP contribution in [0.25, 0.3) is 0 Å². The molecule has 0 aromatic heterocycles. The number of benzene rings is 1. The molecule has 3 N–H and O–H groups in total. The van der Waals surface area contributed by atoms with Crippen molar-refractivity contribution in [3.63, 3.8) is 0 Å². The summed E-state index contributed by atoms with van der Waals surface area (Å²) in [6.07, 6.45) is 1.10. The van der Waals surface area contributed by atoms with Crippen LogP contribution in [-0.2, 0) is 0 Å². The highest BCUT2D eigenvalue weighted by atomic mass is 16.5. The van der Waals surface area contributed by atoms with E-state index < -0.39 is 0 Å². The van der Waals surface area contributed by atoms with E-state index in [1.54, 1.807) is 0 Å². The maximum Gasteiger partial charge on any atom is 0.142 e. The van der Waals surface area contributed by atoms with E-state index in [1.165, 1.54) is 0 Å². The third kappa shape index (κ3) is 5.59. The van der Waals surface area contributed by atoms with E-state index in [0.717, 1.165) is 24.4 Å². The molecule has 0 saturated carbocycles. The molecule has 0 radical (unpaired) electrons. The Hall–Kier alpha value is -1.22. The van der Waals surface area contributed by atoms with Crippen molar-refractivity contribution in [2.24, 2.45) is 5.73 Å². The van der Waals surface area contributed by atoms with E-state index >= 15 is 0 Å². The molecular weight excluding hydrogens is 212 g/mol. The van der Waals surface area contributed by atoms with Crippen LogP contribution in [0.1, 0.15) is 34.1 Å². The molecule has 0 amide bonds. The lowest BCUT2D eigenvalue weighted by Gasteiger charge is -2.20. The highest BCUT2D eigenvalue weighted by molar-refractivity contribution is 5.56. The minimum atomic E-state index is -0.138. The zero-order chi connectivity index (χ0) is 12.9.